The van der Waals surface area contributed by atoms with E-state index in [1.807, 2.05) is 32.0 Å². The van der Waals surface area contributed by atoms with E-state index in [0.717, 1.165) is 11.4 Å². The van der Waals surface area contributed by atoms with E-state index in [0.29, 0.717) is 13.0 Å². The van der Waals surface area contributed by atoms with Crippen molar-refractivity contribution in [3.8, 4) is 0 Å². The van der Waals surface area contributed by atoms with Crippen molar-refractivity contribution >= 4 is 17.3 Å². The molecule has 0 bridgehead atoms. The zero-order chi connectivity index (χ0) is 12.8. The summed E-state index contributed by atoms with van der Waals surface area (Å²) in [4.78, 5) is 17.7. The molecule has 1 heterocycles. The van der Waals surface area contributed by atoms with E-state index in [2.05, 4.69) is 10.3 Å². The molecule has 94 valence electrons. The molecule has 3 N–H and O–H groups in total. The minimum absolute atomic E-state index is 0.0287. The summed E-state index contributed by atoms with van der Waals surface area (Å²) >= 11 is 0. The van der Waals surface area contributed by atoms with Crippen LogP contribution in [0.5, 0.6) is 0 Å². The van der Waals surface area contributed by atoms with Gasteiger partial charge in [0.05, 0.1) is 17.6 Å². The average molecular weight is 236 g/mol. The number of pyridine rings is 1. The number of anilines is 2. The van der Waals surface area contributed by atoms with E-state index < -0.39 is 0 Å². The molecule has 0 saturated carbocycles. The molecule has 1 atom stereocenters. The lowest BCUT2D eigenvalue weighted by molar-refractivity contribution is -0.116. The van der Waals surface area contributed by atoms with E-state index in [4.69, 9.17) is 5.73 Å². The first-order valence-corrected chi connectivity index (χ1v) is 5.65. The molecule has 5 nitrogen and oxygen atoms in total. The number of nitrogens with two attached hydrogens (primary N) is 1. The smallest absolute Gasteiger partial charge is 0.224 e. The van der Waals surface area contributed by atoms with Crippen molar-refractivity contribution in [2.75, 3.05) is 30.9 Å². The number of nitrogens with one attached hydrogen (secondary N) is 1. The summed E-state index contributed by atoms with van der Waals surface area (Å²) in [6.45, 7) is 2.47. The number of nitrogens with zero attached hydrogens (tertiary/aromatic N) is 2. The molecular weight excluding hydrogens is 216 g/mol. The van der Waals surface area contributed by atoms with Crippen LogP contribution in [0.4, 0.5) is 11.4 Å². The number of amides is 1. The molecule has 0 aromatic carbocycles. The molecule has 0 aliphatic carbocycles. The lowest BCUT2D eigenvalue weighted by atomic mass is 10.1. The van der Waals surface area contributed by atoms with Gasteiger partial charge in [-0.2, -0.15) is 0 Å². The molecule has 1 unspecified atom stereocenters. The Morgan fingerprint density at radius 2 is 2.29 bits per heavy atom. The van der Waals surface area contributed by atoms with E-state index in [9.17, 15) is 4.79 Å². The summed E-state index contributed by atoms with van der Waals surface area (Å²) in [5.41, 5.74) is 7.16. The minimum Gasteiger partial charge on any atom is -0.376 e. The molecule has 0 fully saturated rings. The Hall–Kier alpha value is -1.62. The molecule has 1 aromatic heterocycles. The average Bonchev–Trinajstić information content (AvgIpc) is 2.29. The van der Waals surface area contributed by atoms with Crippen molar-refractivity contribution in [2.45, 2.75) is 13.3 Å². The zero-order valence-corrected chi connectivity index (χ0v) is 10.6. The van der Waals surface area contributed by atoms with Gasteiger partial charge in [-0.25, -0.2) is 0 Å². The van der Waals surface area contributed by atoms with Crippen molar-refractivity contribution in [3.63, 3.8) is 0 Å². The van der Waals surface area contributed by atoms with Gasteiger partial charge in [0.15, 0.2) is 0 Å². The van der Waals surface area contributed by atoms with Crippen LogP contribution >= 0.6 is 0 Å². The molecule has 0 aliphatic heterocycles. The molecular formula is C12H20N4O. The molecule has 1 aromatic rings. The van der Waals surface area contributed by atoms with Crippen LogP contribution in [0.25, 0.3) is 0 Å². The fourth-order valence-corrected chi connectivity index (χ4v) is 1.47. The Morgan fingerprint density at radius 3 is 2.88 bits per heavy atom. The van der Waals surface area contributed by atoms with Gasteiger partial charge < -0.3 is 16.0 Å². The van der Waals surface area contributed by atoms with E-state index in [-0.39, 0.29) is 11.8 Å². The summed E-state index contributed by atoms with van der Waals surface area (Å²) in [5, 5.41) is 2.86. The highest BCUT2D eigenvalue weighted by molar-refractivity contribution is 5.94. The SMILES string of the molecule is CC(CN)CC(=O)Nc1cnccc1N(C)C. The van der Waals surface area contributed by atoms with Crippen molar-refractivity contribution in [3.05, 3.63) is 18.5 Å². The Morgan fingerprint density at radius 1 is 1.59 bits per heavy atom. The zero-order valence-electron chi connectivity index (χ0n) is 10.6. The van der Waals surface area contributed by atoms with Crippen LogP contribution in [0.15, 0.2) is 18.5 Å². The van der Waals surface area contributed by atoms with Gasteiger partial charge in [0, 0.05) is 26.7 Å². The molecule has 0 radical (unpaired) electrons. The van der Waals surface area contributed by atoms with Crippen LogP contribution in [0, 0.1) is 5.92 Å². The second kappa shape index (κ2) is 6.20. The summed E-state index contributed by atoms with van der Waals surface area (Å²) in [5.74, 6) is 0.161. The maximum atomic E-state index is 11.7. The Kier molecular flexibility index (Phi) is 4.90. The van der Waals surface area contributed by atoms with E-state index >= 15 is 0 Å². The maximum Gasteiger partial charge on any atom is 0.224 e. The third kappa shape index (κ3) is 4.03. The monoisotopic (exact) mass is 236 g/mol. The first-order valence-electron chi connectivity index (χ1n) is 5.65. The third-order valence-corrected chi connectivity index (χ3v) is 2.49. The Bertz CT molecular complexity index is 379. The summed E-state index contributed by atoms with van der Waals surface area (Å²) in [7, 11) is 3.85. The van der Waals surface area contributed by atoms with Gasteiger partial charge in [-0.15, -0.1) is 0 Å². The summed E-state index contributed by atoms with van der Waals surface area (Å²) in [6.07, 6.45) is 3.78. The lowest BCUT2D eigenvalue weighted by Gasteiger charge is -2.17. The van der Waals surface area contributed by atoms with E-state index in [1.54, 1.807) is 12.4 Å². The van der Waals surface area contributed by atoms with Gasteiger partial charge in [-0.05, 0) is 18.5 Å². The topological polar surface area (TPSA) is 71.2 Å². The van der Waals surface area contributed by atoms with Gasteiger partial charge in [-0.3, -0.25) is 9.78 Å². The molecule has 0 saturated heterocycles. The molecule has 0 spiro atoms. The number of hydrogen-bond donors (Lipinski definition) is 2. The van der Waals surface area contributed by atoms with Gasteiger partial charge in [0.25, 0.3) is 0 Å². The number of carbonyl (C=O) groups is 1. The van der Waals surface area contributed by atoms with Gasteiger partial charge in [0.2, 0.25) is 5.91 Å². The third-order valence-electron chi connectivity index (χ3n) is 2.49. The van der Waals surface area contributed by atoms with Crippen LogP contribution in [0.3, 0.4) is 0 Å². The predicted octanol–water partition coefficient (Wildman–Crippen LogP) is 1.07. The number of carbonyl (C=O) groups excluding carboxylic acids is 1. The van der Waals surface area contributed by atoms with Crippen LogP contribution < -0.4 is 16.0 Å². The van der Waals surface area contributed by atoms with Crippen molar-refractivity contribution < 1.29 is 4.79 Å². The quantitative estimate of drug-likeness (QED) is 0.802. The molecule has 1 amide bonds. The Labute approximate surface area is 102 Å². The lowest BCUT2D eigenvalue weighted by Crippen LogP contribution is -2.21. The Balaban J connectivity index is 2.71. The highest BCUT2D eigenvalue weighted by atomic mass is 16.1. The number of hydrogen-bond acceptors (Lipinski definition) is 4. The van der Waals surface area contributed by atoms with Crippen molar-refractivity contribution in [1.82, 2.24) is 4.98 Å². The van der Waals surface area contributed by atoms with Crippen molar-refractivity contribution in [1.29, 1.82) is 0 Å². The first kappa shape index (κ1) is 13.4. The maximum absolute atomic E-state index is 11.7. The number of rotatable bonds is 5. The highest BCUT2D eigenvalue weighted by Crippen LogP contribution is 2.22. The predicted molar refractivity (Wildman–Crippen MR) is 70.0 cm³/mol. The fraction of sp³-hybridized carbons (Fsp3) is 0.500. The van der Waals surface area contributed by atoms with Gasteiger partial charge in [-0.1, -0.05) is 6.92 Å². The minimum atomic E-state index is -0.0287. The number of aromatic nitrogens is 1. The van der Waals surface area contributed by atoms with Crippen molar-refractivity contribution in [2.24, 2.45) is 11.7 Å². The molecule has 0 aliphatic rings. The normalized spacial score (nSPS) is 12.0. The standard InChI is InChI=1S/C12H20N4O/c1-9(7-13)6-12(17)15-10-8-14-5-4-11(10)16(2)3/h4-5,8-9H,6-7,13H2,1-3H3,(H,15,17). The van der Waals surface area contributed by atoms with Crippen LogP contribution in [-0.2, 0) is 4.79 Å². The molecule has 5 heteroatoms. The van der Waals surface area contributed by atoms with E-state index in [1.165, 1.54) is 0 Å². The summed E-state index contributed by atoms with van der Waals surface area (Å²) < 4.78 is 0. The van der Waals surface area contributed by atoms with Crippen LogP contribution in [-0.4, -0.2) is 31.5 Å². The largest absolute Gasteiger partial charge is 0.376 e. The van der Waals surface area contributed by atoms with Crippen LogP contribution in [0.2, 0.25) is 0 Å². The van der Waals surface area contributed by atoms with Gasteiger partial charge >= 0.3 is 0 Å². The summed E-state index contributed by atoms with van der Waals surface area (Å²) in [6, 6.07) is 1.86. The molecule has 17 heavy (non-hydrogen) atoms. The van der Waals surface area contributed by atoms with Gasteiger partial charge in [0.1, 0.15) is 0 Å². The highest BCUT2D eigenvalue weighted by Gasteiger charge is 2.11. The fourth-order valence-electron chi connectivity index (χ4n) is 1.47. The first-order chi connectivity index (χ1) is 8.04. The molecule has 1 rings (SSSR count). The second-order valence-electron chi connectivity index (χ2n) is 4.38. The van der Waals surface area contributed by atoms with Crippen LogP contribution in [0.1, 0.15) is 13.3 Å². The second-order valence-corrected chi connectivity index (χ2v) is 4.38.